The molecule has 0 unspecified atom stereocenters. The number of rotatable bonds is 8. The van der Waals surface area contributed by atoms with Crippen molar-refractivity contribution in [1.29, 1.82) is 0 Å². The minimum Gasteiger partial charge on any atom is -0.493 e. The molecule has 0 saturated carbocycles. The average molecular weight is 382 g/mol. The second kappa shape index (κ2) is 9.33. The van der Waals surface area contributed by atoms with Gasteiger partial charge in [0.2, 0.25) is 0 Å². The van der Waals surface area contributed by atoms with Gasteiger partial charge < -0.3 is 14.8 Å². The first-order valence-corrected chi connectivity index (χ1v) is 9.43. The molecule has 0 aliphatic heterocycles. The highest BCUT2D eigenvalue weighted by molar-refractivity contribution is 6.30. The third kappa shape index (κ3) is 5.18. The molecule has 0 amide bonds. The zero-order chi connectivity index (χ0) is 19.1. The Balaban J connectivity index is 1.66. The van der Waals surface area contributed by atoms with Crippen LogP contribution >= 0.6 is 11.6 Å². The van der Waals surface area contributed by atoms with Crippen molar-refractivity contribution in [2.24, 2.45) is 0 Å². The molecule has 0 fully saturated rings. The van der Waals surface area contributed by atoms with Gasteiger partial charge in [-0.2, -0.15) is 0 Å². The summed E-state index contributed by atoms with van der Waals surface area (Å²) in [5, 5.41) is 4.21. The summed E-state index contributed by atoms with van der Waals surface area (Å²) in [5.41, 5.74) is 4.63. The van der Waals surface area contributed by atoms with E-state index in [-0.39, 0.29) is 0 Å². The topological polar surface area (TPSA) is 30.5 Å². The van der Waals surface area contributed by atoms with Crippen molar-refractivity contribution in [2.75, 3.05) is 12.4 Å². The standard InChI is InChI=1S/C23H24ClNO2/c1-3-19-8-4-5-10-21(19)25-15-17-11-12-22(23(14-17)26-2)27-16-18-7-6-9-20(24)13-18/h4-14,25H,3,15-16H2,1-2H3. The second-order valence-electron chi connectivity index (χ2n) is 6.27. The molecule has 3 aromatic rings. The van der Waals surface area contributed by atoms with Crippen LogP contribution in [0, 0.1) is 0 Å². The monoisotopic (exact) mass is 381 g/mol. The summed E-state index contributed by atoms with van der Waals surface area (Å²) in [4.78, 5) is 0. The molecule has 0 aliphatic carbocycles. The van der Waals surface area contributed by atoms with E-state index >= 15 is 0 Å². The number of para-hydroxylation sites is 1. The molecule has 0 bridgehead atoms. The number of methoxy groups -OCH3 is 1. The smallest absolute Gasteiger partial charge is 0.161 e. The van der Waals surface area contributed by atoms with E-state index in [1.165, 1.54) is 11.3 Å². The Labute approximate surface area is 165 Å². The van der Waals surface area contributed by atoms with Gasteiger partial charge in [-0.3, -0.25) is 0 Å². The van der Waals surface area contributed by atoms with Gasteiger partial charge in [0.05, 0.1) is 7.11 Å². The Kier molecular flexibility index (Phi) is 6.61. The van der Waals surface area contributed by atoms with E-state index in [9.17, 15) is 0 Å². The summed E-state index contributed by atoms with van der Waals surface area (Å²) in [6, 6.07) is 22.0. The Bertz CT molecular complexity index is 895. The molecule has 3 rings (SSSR count). The van der Waals surface area contributed by atoms with Crippen LogP contribution in [0.5, 0.6) is 11.5 Å². The molecule has 27 heavy (non-hydrogen) atoms. The summed E-state index contributed by atoms with van der Waals surface area (Å²) < 4.78 is 11.4. The van der Waals surface area contributed by atoms with Gasteiger partial charge in [0, 0.05) is 17.3 Å². The van der Waals surface area contributed by atoms with Crippen molar-refractivity contribution in [1.82, 2.24) is 0 Å². The van der Waals surface area contributed by atoms with Crippen molar-refractivity contribution < 1.29 is 9.47 Å². The summed E-state index contributed by atoms with van der Waals surface area (Å²) in [5.74, 6) is 1.44. The van der Waals surface area contributed by atoms with Gasteiger partial charge in [0.25, 0.3) is 0 Å². The molecule has 0 atom stereocenters. The average Bonchev–Trinajstić information content (AvgIpc) is 2.71. The van der Waals surface area contributed by atoms with Crippen LogP contribution < -0.4 is 14.8 Å². The zero-order valence-corrected chi connectivity index (χ0v) is 16.4. The van der Waals surface area contributed by atoms with E-state index in [1.807, 2.05) is 36.4 Å². The van der Waals surface area contributed by atoms with Gasteiger partial charge in [0.1, 0.15) is 6.61 Å². The van der Waals surface area contributed by atoms with Crippen LogP contribution in [-0.2, 0) is 19.6 Å². The molecule has 0 saturated heterocycles. The molecule has 0 aliphatic rings. The molecule has 3 aromatic carbocycles. The molecule has 0 spiro atoms. The first kappa shape index (κ1) is 19.1. The molecule has 1 N–H and O–H groups in total. The number of nitrogens with one attached hydrogen (secondary N) is 1. The van der Waals surface area contributed by atoms with Gasteiger partial charge >= 0.3 is 0 Å². The number of ether oxygens (including phenoxy) is 2. The number of halogens is 1. The lowest BCUT2D eigenvalue weighted by Gasteiger charge is -2.14. The fourth-order valence-electron chi connectivity index (χ4n) is 2.93. The lowest BCUT2D eigenvalue weighted by atomic mass is 10.1. The molecule has 3 nitrogen and oxygen atoms in total. The predicted molar refractivity (Wildman–Crippen MR) is 112 cm³/mol. The van der Waals surface area contributed by atoms with E-state index in [1.54, 1.807) is 7.11 Å². The fraction of sp³-hybridized carbons (Fsp3) is 0.217. The highest BCUT2D eigenvalue weighted by atomic mass is 35.5. The SMILES string of the molecule is CCc1ccccc1NCc1ccc(OCc2cccc(Cl)c2)c(OC)c1. The van der Waals surface area contributed by atoms with E-state index in [0.717, 1.165) is 35.6 Å². The Morgan fingerprint density at radius 2 is 1.74 bits per heavy atom. The largest absolute Gasteiger partial charge is 0.493 e. The normalized spacial score (nSPS) is 10.5. The van der Waals surface area contributed by atoms with Gasteiger partial charge in [-0.1, -0.05) is 54.9 Å². The quantitative estimate of drug-likeness (QED) is 0.511. The van der Waals surface area contributed by atoms with Gasteiger partial charge in [0.15, 0.2) is 11.5 Å². The predicted octanol–water partition coefficient (Wildman–Crippen LogP) is 6.10. The van der Waals surface area contributed by atoms with Gasteiger partial charge in [-0.05, 0) is 53.4 Å². The molecule has 0 aromatic heterocycles. The summed E-state index contributed by atoms with van der Waals surface area (Å²) in [6.07, 6.45) is 1.00. The summed E-state index contributed by atoms with van der Waals surface area (Å²) in [7, 11) is 1.66. The van der Waals surface area contributed by atoms with Crippen LogP contribution in [0.15, 0.2) is 66.7 Å². The van der Waals surface area contributed by atoms with E-state index in [2.05, 4.69) is 42.6 Å². The Morgan fingerprint density at radius 3 is 2.52 bits per heavy atom. The maximum Gasteiger partial charge on any atom is 0.161 e. The maximum atomic E-state index is 6.03. The molecule has 140 valence electrons. The highest BCUT2D eigenvalue weighted by Gasteiger charge is 2.07. The second-order valence-corrected chi connectivity index (χ2v) is 6.70. The van der Waals surface area contributed by atoms with Crippen LogP contribution in [0.4, 0.5) is 5.69 Å². The number of aryl methyl sites for hydroxylation is 1. The van der Waals surface area contributed by atoms with Crippen molar-refractivity contribution >= 4 is 17.3 Å². The number of benzene rings is 3. The van der Waals surface area contributed by atoms with E-state index < -0.39 is 0 Å². The zero-order valence-electron chi connectivity index (χ0n) is 15.7. The number of hydrogen-bond donors (Lipinski definition) is 1. The van der Waals surface area contributed by atoms with Crippen molar-refractivity contribution in [3.05, 3.63) is 88.4 Å². The molecular formula is C23H24ClNO2. The minimum absolute atomic E-state index is 0.443. The minimum atomic E-state index is 0.443. The Morgan fingerprint density at radius 1 is 0.889 bits per heavy atom. The van der Waals surface area contributed by atoms with E-state index in [4.69, 9.17) is 21.1 Å². The first-order chi connectivity index (χ1) is 13.2. The van der Waals surface area contributed by atoms with Gasteiger partial charge in [-0.25, -0.2) is 0 Å². The first-order valence-electron chi connectivity index (χ1n) is 9.05. The number of hydrogen-bond acceptors (Lipinski definition) is 3. The third-order valence-corrected chi connectivity index (χ3v) is 4.63. The lowest BCUT2D eigenvalue weighted by Crippen LogP contribution is -2.03. The lowest BCUT2D eigenvalue weighted by molar-refractivity contribution is 0.284. The van der Waals surface area contributed by atoms with Crippen LogP contribution in [0.3, 0.4) is 0 Å². The summed E-state index contributed by atoms with van der Waals surface area (Å²) >= 11 is 6.03. The molecule has 0 heterocycles. The number of anilines is 1. The van der Waals surface area contributed by atoms with Crippen molar-refractivity contribution in [3.8, 4) is 11.5 Å². The maximum absolute atomic E-state index is 6.03. The third-order valence-electron chi connectivity index (χ3n) is 4.39. The van der Waals surface area contributed by atoms with Crippen LogP contribution in [0.25, 0.3) is 0 Å². The molecule has 0 radical (unpaired) electrons. The highest BCUT2D eigenvalue weighted by Crippen LogP contribution is 2.29. The van der Waals surface area contributed by atoms with E-state index in [0.29, 0.717) is 11.6 Å². The Hall–Kier alpha value is -2.65. The van der Waals surface area contributed by atoms with Crippen LogP contribution in [0.2, 0.25) is 5.02 Å². The van der Waals surface area contributed by atoms with Crippen molar-refractivity contribution in [2.45, 2.75) is 26.5 Å². The summed E-state index contributed by atoms with van der Waals surface area (Å²) in [6.45, 7) is 3.33. The van der Waals surface area contributed by atoms with Crippen molar-refractivity contribution in [3.63, 3.8) is 0 Å². The molecular weight excluding hydrogens is 358 g/mol. The fourth-order valence-corrected chi connectivity index (χ4v) is 3.14. The molecule has 4 heteroatoms. The van der Waals surface area contributed by atoms with Crippen LogP contribution in [0.1, 0.15) is 23.6 Å². The van der Waals surface area contributed by atoms with Crippen LogP contribution in [-0.4, -0.2) is 7.11 Å². The van der Waals surface area contributed by atoms with Gasteiger partial charge in [-0.15, -0.1) is 0 Å².